The van der Waals surface area contributed by atoms with Crippen molar-refractivity contribution in [2.45, 2.75) is 35.6 Å². The minimum atomic E-state index is 0.119. The molecule has 1 fully saturated rings. The van der Waals surface area contributed by atoms with Crippen LogP contribution < -0.4 is 5.73 Å². The first-order valence-electron chi connectivity index (χ1n) is 7.17. The zero-order valence-corrected chi connectivity index (χ0v) is 13.6. The third kappa shape index (κ3) is 2.72. The van der Waals surface area contributed by atoms with Crippen molar-refractivity contribution in [1.29, 1.82) is 0 Å². The van der Waals surface area contributed by atoms with Gasteiger partial charge in [-0.15, -0.1) is 0 Å². The molecule has 20 heavy (non-hydrogen) atoms. The van der Waals surface area contributed by atoms with E-state index in [2.05, 4.69) is 79.8 Å². The van der Waals surface area contributed by atoms with E-state index in [0.29, 0.717) is 10.5 Å². The summed E-state index contributed by atoms with van der Waals surface area (Å²) in [6.07, 6.45) is 0. The van der Waals surface area contributed by atoms with Crippen LogP contribution in [0.1, 0.15) is 25.5 Å². The maximum Gasteiger partial charge on any atom is 0.0429 e. The Balaban J connectivity index is 1.91. The van der Waals surface area contributed by atoms with Crippen LogP contribution in [0.4, 0.5) is 0 Å². The first kappa shape index (κ1) is 14.3. The van der Waals surface area contributed by atoms with Crippen LogP contribution in [0.3, 0.4) is 0 Å². The smallest absolute Gasteiger partial charge is 0.0429 e. The van der Waals surface area contributed by atoms with Crippen molar-refractivity contribution in [2.75, 3.05) is 5.75 Å². The summed E-state index contributed by atoms with van der Waals surface area (Å²) < 4.78 is 0. The molecule has 1 heterocycles. The van der Waals surface area contributed by atoms with Crippen molar-refractivity contribution in [2.24, 2.45) is 5.73 Å². The average Bonchev–Trinajstić information content (AvgIpc) is 2.49. The maximum absolute atomic E-state index is 6.61. The summed E-state index contributed by atoms with van der Waals surface area (Å²) in [6.45, 7) is 4.65. The zero-order chi connectivity index (χ0) is 14.1. The lowest BCUT2D eigenvalue weighted by atomic mass is 9.97. The molecule has 0 bridgehead atoms. The Morgan fingerprint density at radius 3 is 2.60 bits per heavy atom. The number of hydrogen-bond acceptors (Lipinski definition) is 3. The monoisotopic (exact) mass is 303 g/mol. The van der Waals surface area contributed by atoms with E-state index in [1.165, 1.54) is 16.3 Å². The van der Waals surface area contributed by atoms with Gasteiger partial charge in [-0.2, -0.15) is 23.5 Å². The van der Waals surface area contributed by atoms with Crippen LogP contribution in [0.2, 0.25) is 0 Å². The molecule has 0 aliphatic carbocycles. The zero-order valence-electron chi connectivity index (χ0n) is 12.0. The Hall–Kier alpha value is -0.640. The van der Waals surface area contributed by atoms with Crippen LogP contribution in [0.5, 0.6) is 0 Å². The Morgan fingerprint density at radius 2 is 1.80 bits per heavy atom. The summed E-state index contributed by atoms with van der Waals surface area (Å²) in [5.41, 5.74) is 7.90. The van der Waals surface area contributed by atoms with Crippen LogP contribution in [0.15, 0.2) is 42.5 Å². The van der Waals surface area contributed by atoms with Gasteiger partial charge in [0.2, 0.25) is 0 Å². The molecule has 2 N–H and O–H groups in total. The van der Waals surface area contributed by atoms with E-state index in [1.807, 2.05) is 0 Å². The van der Waals surface area contributed by atoms with Crippen LogP contribution in [0, 0.1) is 0 Å². The summed E-state index contributed by atoms with van der Waals surface area (Å²) >= 11 is 4.12. The summed E-state index contributed by atoms with van der Waals surface area (Å²) in [5.74, 6) is 1.15. The highest BCUT2D eigenvalue weighted by molar-refractivity contribution is 8.07. The topological polar surface area (TPSA) is 26.0 Å². The lowest BCUT2D eigenvalue weighted by Crippen LogP contribution is -2.34. The van der Waals surface area contributed by atoms with Gasteiger partial charge in [0, 0.05) is 27.5 Å². The molecule has 4 atom stereocenters. The molecule has 0 radical (unpaired) electrons. The lowest BCUT2D eigenvalue weighted by Gasteiger charge is -2.34. The van der Waals surface area contributed by atoms with Crippen molar-refractivity contribution in [3.63, 3.8) is 0 Å². The molecule has 4 unspecified atom stereocenters. The Kier molecular flexibility index (Phi) is 4.29. The molecule has 0 spiro atoms. The normalized spacial score (nSPS) is 28.4. The molecule has 1 nitrogen and oxygen atoms in total. The molecule has 2 aromatic carbocycles. The van der Waals surface area contributed by atoms with Gasteiger partial charge >= 0.3 is 0 Å². The molecule has 1 aliphatic heterocycles. The largest absolute Gasteiger partial charge is 0.323 e. The van der Waals surface area contributed by atoms with Crippen molar-refractivity contribution in [3.8, 4) is 0 Å². The highest BCUT2D eigenvalue weighted by Gasteiger charge is 2.30. The number of rotatable bonds is 2. The number of nitrogens with two attached hydrogens (primary N) is 1. The van der Waals surface area contributed by atoms with Crippen LogP contribution >= 0.6 is 23.5 Å². The molecule has 0 amide bonds. The van der Waals surface area contributed by atoms with Gasteiger partial charge in [-0.25, -0.2) is 0 Å². The number of benzene rings is 2. The first-order chi connectivity index (χ1) is 9.66. The van der Waals surface area contributed by atoms with E-state index in [0.717, 1.165) is 11.0 Å². The van der Waals surface area contributed by atoms with Crippen molar-refractivity contribution < 1.29 is 0 Å². The minimum Gasteiger partial charge on any atom is -0.323 e. The van der Waals surface area contributed by atoms with Gasteiger partial charge < -0.3 is 5.73 Å². The first-order valence-corrected chi connectivity index (χ1v) is 9.16. The average molecular weight is 303 g/mol. The fraction of sp³-hybridized carbons (Fsp3) is 0.412. The summed E-state index contributed by atoms with van der Waals surface area (Å²) in [4.78, 5) is 0. The predicted molar refractivity (Wildman–Crippen MR) is 93.6 cm³/mol. The van der Waals surface area contributed by atoms with E-state index in [4.69, 9.17) is 5.73 Å². The SMILES string of the molecule is CC1SCC(C(N)c2cccc3ccccc23)SC1C. The molecular formula is C17H21NS2. The van der Waals surface area contributed by atoms with E-state index in [1.54, 1.807) is 0 Å². The second-order valence-electron chi connectivity index (χ2n) is 5.51. The molecule has 3 rings (SSSR count). The van der Waals surface area contributed by atoms with Gasteiger partial charge in [0.05, 0.1) is 0 Å². The van der Waals surface area contributed by atoms with Gasteiger partial charge in [0.15, 0.2) is 0 Å². The fourth-order valence-corrected chi connectivity index (χ4v) is 5.78. The number of fused-ring (bicyclic) bond motifs is 1. The Bertz CT molecular complexity index is 593. The van der Waals surface area contributed by atoms with E-state index in [9.17, 15) is 0 Å². The molecule has 1 saturated heterocycles. The van der Waals surface area contributed by atoms with Crippen molar-refractivity contribution >= 4 is 34.3 Å². The minimum absolute atomic E-state index is 0.119. The van der Waals surface area contributed by atoms with E-state index >= 15 is 0 Å². The van der Waals surface area contributed by atoms with Crippen LogP contribution in [-0.2, 0) is 0 Å². The number of hydrogen-bond donors (Lipinski definition) is 1. The summed E-state index contributed by atoms with van der Waals surface area (Å²) in [5, 5.41) is 4.52. The molecule has 3 heteroatoms. The lowest BCUT2D eigenvalue weighted by molar-refractivity contribution is 0.713. The molecular weight excluding hydrogens is 282 g/mol. The fourth-order valence-electron chi connectivity index (χ4n) is 2.74. The maximum atomic E-state index is 6.61. The second kappa shape index (κ2) is 6.00. The van der Waals surface area contributed by atoms with Crippen molar-refractivity contribution in [3.05, 3.63) is 48.0 Å². The second-order valence-corrected chi connectivity index (χ2v) is 8.54. The van der Waals surface area contributed by atoms with Crippen LogP contribution in [-0.4, -0.2) is 21.5 Å². The number of thioether (sulfide) groups is 2. The Morgan fingerprint density at radius 1 is 1.05 bits per heavy atom. The van der Waals surface area contributed by atoms with Gasteiger partial charge in [0.25, 0.3) is 0 Å². The van der Waals surface area contributed by atoms with Crippen LogP contribution in [0.25, 0.3) is 10.8 Å². The van der Waals surface area contributed by atoms with Gasteiger partial charge in [-0.1, -0.05) is 56.3 Å². The van der Waals surface area contributed by atoms with E-state index in [-0.39, 0.29) is 6.04 Å². The highest BCUT2D eigenvalue weighted by atomic mass is 32.2. The summed E-state index contributed by atoms with van der Waals surface area (Å²) in [7, 11) is 0. The molecule has 0 saturated carbocycles. The molecule has 2 aromatic rings. The third-order valence-electron chi connectivity index (χ3n) is 4.16. The molecule has 1 aliphatic rings. The Labute approximate surface area is 129 Å². The quantitative estimate of drug-likeness (QED) is 0.886. The van der Waals surface area contributed by atoms with Crippen molar-refractivity contribution in [1.82, 2.24) is 0 Å². The van der Waals surface area contributed by atoms with Gasteiger partial charge in [-0.3, -0.25) is 0 Å². The van der Waals surface area contributed by atoms with E-state index < -0.39 is 0 Å². The highest BCUT2D eigenvalue weighted by Crippen LogP contribution is 2.41. The molecule has 0 aromatic heterocycles. The summed E-state index contributed by atoms with van der Waals surface area (Å²) in [6, 6.07) is 15.2. The third-order valence-corrected chi connectivity index (χ3v) is 7.67. The molecule has 106 valence electrons. The predicted octanol–water partition coefficient (Wildman–Crippen LogP) is 4.47. The van der Waals surface area contributed by atoms with Gasteiger partial charge in [0.1, 0.15) is 0 Å². The standard InChI is InChI=1S/C17H21NS2/c1-11-12(2)20-16(10-19-11)17(18)15-9-5-7-13-6-3-4-8-14(13)15/h3-9,11-12,16-17H,10,18H2,1-2H3. The van der Waals surface area contributed by atoms with Gasteiger partial charge in [-0.05, 0) is 16.3 Å².